The molecular formula is C10H10O5. The molecule has 0 spiro atoms. The van der Waals surface area contributed by atoms with Gasteiger partial charge in [-0.1, -0.05) is 0 Å². The summed E-state index contributed by atoms with van der Waals surface area (Å²) >= 11 is 0. The molecule has 1 aromatic carbocycles. The molecule has 0 radical (unpaired) electrons. The highest BCUT2D eigenvalue weighted by molar-refractivity contribution is 5.99. The van der Waals surface area contributed by atoms with E-state index in [4.69, 9.17) is 14.6 Å². The summed E-state index contributed by atoms with van der Waals surface area (Å²) in [7, 11) is 2.75. The Labute approximate surface area is 86.2 Å². The first-order chi connectivity index (χ1) is 7.15. The lowest BCUT2D eigenvalue weighted by Crippen LogP contribution is -2.05. The number of carbonyl (C=O) groups is 2. The van der Waals surface area contributed by atoms with Gasteiger partial charge in [0.15, 0.2) is 17.8 Å². The first-order valence-electron chi connectivity index (χ1n) is 4.09. The SMILES string of the molecule is COc1ccc(C(=O)O)c(C=O)c1OC. The molecule has 15 heavy (non-hydrogen) atoms. The van der Waals surface area contributed by atoms with Gasteiger partial charge in [-0.2, -0.15) is 0 Å². The Morgan fingerprint density at radius 3 is 2.40 bits per heavy atom. The maximum absolute atomic E-state index is 10.8. The summed E-state index contributed by atoms with van der Waals surface area (Å²) in [6.07, 6.45) is 0.435. The van der Waals surface area contributed by atoms with E-state index in [9.17, 15) is 9.59 Å². The lowest BCUT2D eigenvalue weighted by molar-refractivity contribution is 0.0693. The van der Waals surface area contributed by atoms with E-state index in [1.54, 1.807) is 0 Å². The van der Waals surface area contributed by atoms with Crippen molar-refractivity contribution in [2.24, 2.45) is 0 Å². The minimum absolute atomic E-state index is 0.0237. The van der Waals surface area contributed by atoms with Gasteiger partial charge in [0.1, 0.15) is 0 Å². The first kappa shape index (κ1) is 11.0. The number of aromatic carboxylic acids is 1. The van der Waals surface area contributed by atoms with Crippen LogP contribution in [-0.2, 0) is 0 Å². The van der Waals surface area contributed by atoms with Crippen molar-refractivity contribution in [3.8, 4) is 11.5 Å². The van der Waals surface area contributed by atoms with Gasteiger partial charge in [-0.15, -0.1) is 0 Å². The largest absolute Gasteiger partial charge is 0.493 e. The van der Waals surface area contributed by atoms with Gasteiger partial charge in [-0.25, -0.2) is 4.79 Å². The van der Waals surface area contributed by atoms with Gasteiger partial charge in [0.2, 0.25) is 0 Å². The fourth-order valence-electron chi connectivity index (χ4n) is 1.25. The molecule has 1 rings (SSSR count). The van der Waals surface area contributed by atoms with E-state index < -0.39 is 5.97 Å². The smallest absolute Gasteiger partial charge is 0.336 e. The number of carbonyl (C=O) groups excluding carboxylic acids is 1. The molecule has 0 aliphatic rings. The number of rotatable bonds is 4. The molecule has 5 heteroatoms. The van der Waals surface area contributed by atoms with Crippen molar-refractivity contribution < 1.29 is 24.2 Å². The van der Waals surface area contributed by atoms with Crippen LogP contribution < -0.4 is 9.47 Å². The van der Waals surface area contributed by atoms with Crippen LogP contribution in [0.4, 0.5) is 0 Å². The van der Waals surface area contributed by atoms with Crippen molar-refractivity contribution in [2.75, 3.05) is 14.2 Å². The van der Waals surface area contributed by atoms with Crippen LogP contribution >= 0.6 is 0 Å². The third kappa shape index (κ3) is 1.90. The zero-order chi connectivity index (χ0) is 11.4. The molecule has 0 amide bonds. The highest BCUT2D eigenvalue weighted by atomic mass is 16.5. The van der Waals surface area contributed by atoms with Crippen molar-refractivity contribution >= 4 is 12.3 Å². The molecule has 0 bridgehead atoms. The maximum Gasteiger partial charge on any atom is 0.336 e. The Hall–Kier alpha value is -2.04. The molecule has 80 valence electrons. The maximum atomic E-state index is 10.8. The molecule has 0 aliphatic carbocycles. The minimum Gasteiger partial charge on any atom is -0.493 e. The fraction of sp³-hybridized carbons (Fsp3) is 0.200. The monoisotopic (exact) mass is 210 g/mol. The molecule has 0 aliphatic heterocycles. The average molecular weight is 210 g/mol. The van der Waals surface area contributed by atoms with Crippen molar-refractivity contribution in [1.29, 1.82) is 0 Å². The number of hydrogen-bond donors (Lipinski definition) is 1. The standard InChI is InChI=1S/C10H10O5/c1-14-8-4-3-6(10(12)13)7(5-11)9(8)15-2/h3-5H,1-2H3,(H,12,13). The lowest BCUT2D eigenvalue weighted by Gasteiger charge is -2.10. The number of aldehydes is 1. The van der Waals surface area contributed by atoms with Crippen LogP contribution in [0.5, 0.6) is 11.5 Å². The second-order valence-corrected chi connectivity index (χ2v) is 2.69. The van der Waals surface area contributed by atoms with Gasteiger partial charge in [0.25, 0.3) is 0 Å². The van der Waals surface area contributed by atoms with Gasteiger partial charge < -0.3 is 14.6 Å². The molecular weight excluding hydrogens is 200 g/mol. The molecule has 1 aromatic rings. The van der Waals surface area contributed by atoms with E-state index in [0.29, 0.717) is 12.0 Å². The number of hydrogen-bond acceptors (Lipinski definition) is 4. The molecule has 0 fully saturated rings. The van der Waals surface area contributed by atoms with Crippen molar-refractivity contribution in [2.45, 2.75) is 0 Å². The minimum atomic E-state index is -1.18. The fourth-order valence-corrected chi connectivity index (χ4v) is 1.25. The summed E-state index contributed by atoms with van der Waals surface area (Å²) in [6.45, 7) is 0. The van der Waals surface area contributed by atoms with E-state index in [-0.39, 0.29) is 16.9 Å². The van der Waals surface area contributed by atoms with Gasteiger partial charge >= 0.3 is 5.97 Å². The number of carboxylic acid groups (broad SMARTS) is 1. The van der Waals surface area contributed by atoms with Gasteiger partial charge in [-0.3, -0.25) is 4.79 Å². The molecule has 0 unspecified atom stereocenters. The highest BCUT2D eigenvalue weighted by Crippen LogP contribution is 2.32. The predicted octanol–water partition coefficient (Wildman–Crippen LogP) is 1.21. The van der Waals surface area contributed by atoms with Crippen LogP contribution in [0.25, 0.3) is 0 Å². The molecule has 0 aromatic heterocycles. The molecule has 5 nitrogen and oxygen atoms in total. The molecule has 0 heterocycles. The molecule has 1 N–H and O–H groups in total. The highest BCUT2D eigenvalue weighted by Gasteiger charge is 2.18. The lowest BCUT2D eigenvalue weighted by atomic mass is 10.1. The van der Waals surface area contributed by atoms with Crippen LogP contribution in [-0.4, -0.2) is 31.6 Å². The Morgan fingerprint density at radius 1 is 1.33 bits per heavy atom. The Morgan fingerprint density at radius 2 is 2.00 bits per heavy atom. The number of benzene rings is 1. The normalized spacial score (nSPS) is 9.47. The van der Waals surface area contributed by atoms with Crippen LogP contribution in [0, 0.1) is 0 Å². The van der Waals surface area contributed by atoms with Crippen LogP contribution in [0.2, 0.25) is 0 Å². The molecule has 0 saturated carbocycles. The molecule has 0 saturated heterocycles. The summed E-state index contributed by atoms with van der Waals surface area (Å²) in [4.78, 5) is 21.6. The van der Waals surface area contributed by atoms with Crippen molar-refractivity contribution in [3.05, 3.63) is 23.3 Å². The Bertz CT molecular complexity index is 397. The third-order valence-electron chi connectivity index (χ3n) is 1.93. The van der Waals surface area contributed by atoms with E-state index in [2.05, 4.69) is 0 Å². The second-order valence-electron chi connectivity index (χ2n) is 2.69. The third-order valence-corrected chi connectivity index (χ3v) is 1.93. The van der Waals surface area contributed by atoms with E-state index in [1.807, 2.05) is 0 Å². The number of methoxy groups -OCH3 is 2. The first-order valence-corrected chi connectivity index (χ1v) is 4.09. The van der Waals surface area contributed by atoms with Crippen molar-refractivity contribution in [1.82, 2.24) is 0 Å². The quantitative estimate of drug-likeness (QED) is 0.756. The Balaban J connectivity index is 3.47. The van der Waals surface area contributed by atoms with E-state index in [1.165, 1.54) is 26.4 Å². The van der Waals surface area contributed by atoms with E-state index in [0.717, 1.165) is 0 Å². The van der Waals surface area contributed by atoms with Crippen LogP contribution in [0.15, 0.2) is 12.1 Å². The van der Waals surface area contributed by atoms with Gasteiger partial charge in [-0.05, 0) is 12.1 Å². The van der Waals surface area contributed by atoms with Gasteiger partial charge in [0, 0.05) is 0 Å². The zero-order valence-electron chi connectivity index (χ0n) is 8.31. The average Bonchev–Trinajstić information content (AvgIpc) is 2.26. The second kappa shape index (κ2) is 4.45. The van der Waals surface area contributed by atoms with Crippen LogP contribution in [0.1, 0.15) is 20.7 Å². The number of ether oxygens (including phenoxy) is 2. The van der Waals surface area contributed by atoms with E-state index >= 15 is 0 Å². The topological polar surface area (TPSA) is 72.8 Å². The summed E-state index contributed by atoms with van der Waals surface area (Å²) < 4.78 is 9.87. The summed E-state index contributed by atoms with van der Waals surface area (Å²) in [6, 6.07) is 2.74. The van der Waals surface area contributed by atoms with Gasteiger partial charge in [0.05, 0.1) is 25.3 Å². The van der Waals surface area contributed by atoms with Crippen molar-refractivity contribution in [3.63, 3.8) is 0 Å². The predicted molar refractivity (Wildman–Crippen MR) is 51.9 cm³/mol. The summed E-state index contributed by atoms with van der Waals surface area (Å²) in [5, 5.41) is 8.83. The summed E-state index contributed by atoms with van der Waals surface area (Å²) in [5.74, 6) is -0.727. The Kier molecular flexibility index (Phi) is 3.28. The summed E-state index contributed by atoms with van der Waals surface area (Å²) in [5.41, 5.74) is -0.132. The van der Waals surface area contributed by atoms with Crippen LogP contribution in [0.3, 0.4) is 0 Å². The zero-order valence-corrected chi connectivity index (χ0v) is 8.31. The number of carboxylic acids is 1. The molecule has 0 atom stereocenters.